The highest BCUT2D eigenvalue weighted by atomic mass is 16.4. The maximum absolute atomic E-state index is 11.9. The van der Waals surface area contributed by atoms with E-state index < -0.39 is 6.09 Å². The standard InChI is InChI=1S/C17H21N5O4/c23-13-2-1-12(14(24)20-13)11-7-18-15(19-8-11)21-5-3-17(4-6-21)9-22(10-17)16(25)26/h7-8,12H,1-6,9-10H2,(H,25,26)(H,20,23,24). The second kappa shape index (κ2) is 6.22. The minimum Gasteiger partial charge on any atom is -0.465 e. The molecular weight excluding hydrogens is 338 g/mol. The summed E-state index contributed by atoms with van der Waals surface area (Å²) in [5, 5.41) is 11.3. The number of carbonyl (C=O) groups is 3. The molecule has 1 spiro atoms. The number of rotatable bonds is 2. The highest BCUT2D eigenvalue weighted by Gasteiger charge is 2.47. The van der Waals surface area contributed by atoms with Crippen molar-refractivity contribution in [3.63, 3.8) is 0 Å². The Kier molecular flexibility index (Phi) is 4.01. The van der Waals surface area contributed by atoms with E-state index in [0.717, 1.165) is 31.5 Å². The number of amides is 3. The summed E-state index contributed by atoms with van der Waals surface area (Å²) in [6, 6.07) is 0. The van der Waals surface area contributed by atoms with Gasteiger partial charge >= 0.3 is 6.09 Å². The topological polar surface area (TPSA) is 116 Å². The van der Waals surface area contributed by atoms with Gasteiger partial charge in [0.05, 0.1) is 5.92 Å². The smallest absolute Gasteiger partial charge is 0.407 e. The van der Waals surface area contributed by atoms with Crippen molar-refractivity contribution in [1.82, 2.24) is 20.2 Å². The molecule has 1 aromatic rings. The van der Waals surface area contributed by atoms with Gasteiger partial charge in [-0.05, 0) is 19.3 Å². The molecule has 26 heavy (non-hydrogen) atoms. The van der Waals surface area contributed by atoms with Crippen LogP contribution in [-0.2, 0) is 9.59 Å². The van der Waals surface area contributed by atoms with Crippen molar-refractivity contribution in [2.45, 2.75) is 31.6 Å². The van der Waals surface area contributed by atoms with Crippen LogP contribution in [0.1, 0.15) is 37.2 Å². The van der Waals surface area contributed by atoms with Crippen LogP contribution in [0.2, 0.25) is 0 Å². The second-order valence-corrected chi connectivity index (χ2v) is 7.45. The van der Waals surface area contributed by atoms with Gasteiger partial charge in [-0.3, -0.25) is 14.9 Å². The van der Waals surface area contributed by atoms with Crippen LogP contribution in [0.3, 0.4) is 0 Å². The number of carboxylic acid groups (broad SMARTS) is 1. The van der Waals surface area contributed by atoms with E-state index in [2.05, 4.69) is 20.2 Å². The fraction of sp³-hybridized carbons (Fsp3) is 0.588. The largest absolute Gasteiger partial charge is 0.465 e. The molecule has 1 aromatic heterocycles. The molecule has 0 radical (unpaired) electrons. The molecule has 4 rings (SSSR count). The summed E-state index contributed by atoms with van der Waals surface area (Å²) in [4.78, 5) is 46.5. The van der Waals surface area contributed by atoms with E-state index in [-0.39, 0.29) is 23.1 Å². The monoisotopic (exact) mass is 359 g/mol. The first-order valence-corrected chi connectivity index (χ1v) is 8.84. The summed E-state index contributed by atoms with van der Waals surface area (Å²) in [5.41, 5.74) is 0.838. The molecule has 1 unspecified atom stereocenters. The van der Waals surface area contributed by atoms with Gasteiger partial charge < -0.3 is 14.9 Å². The van der Waals surface area contributed by atoms with Crippen LogP contribution in [0.15, 0.2) is 12.4 Å². The number of hydrogen-bond donors (Lipinski definition) is 2. The lowest BCUT2D eigenvalue weighted by Crippen LogP contribution is -2.61. The Balaban J connectivity index is 1.36. The van der Waals surface area contributed by atoms with Gasteiger partial charge in [0.15, 0.2) is 0 Å². The maximum atomic E-state index is 11.9. The fourth-order valence-corrected chi connectivity index (χ4v) is 4.08. The summed E-state index contributed by atoms with van der Waals surface area (Å²) in [6.45, 7) is 2.83. The third-order valence-electron chi connectivity index (χ3n) is 5.73. The molecule has 9 nitrogen and oxygen atoms in total. The first-order chi connectivity index (χ1) is 12.5. The van der Waals surface area contributed by atoms with Crippen molar-refractivity contribution in [3.05, 3.63) is 18.0 Å². The second-order valence-electron chi connectivity index (χ2n) is 7.45. The summed E-state index contributed by atoms with van der Waals surface area (Å²) >= 11 is 0. The summed E-state index contributed by atoms with van der Waals surface area (Å²) in [5.74, 6) is -0.261. The number of anilines is 1. The van der Waals surface area contributed by atoms with E-state index in [1.54, 1.807) is 12.4 Å². The third kappa shape index (κ3) is 2.97. The lowest BCUT2D eigenvalue weighted by atomic mass is 9.72. The van der Waals surface area contributed by atoms with Crippen molar-refractivity contribution in [3.8, 4) is 0 Å². The number of aromatic nitrogens is 2. The Labute approximate surface area is 150 Å². The predicted octanol–water partition coefficient (Wildman–Crippen LogP) is 0.577. The number of carbonyl (C=O) groups excluding carboxylic acids is 2. The van der Waals surface area contributed by atoms with E-state index in [0.29, 0.717) is 31.9 Å². The van der Waals surface area contributed by atoms with Crippen molar-refractivity contribution >= 4 is 23.9 Å². The zero-order valence-corrected chi connectivity index (χ0v) is 14.3. The predicted molar refractivity (Wildman–Crippen MR) is 90.6 cm³/mol. The van der Waals surface area contributed by atoms with E-state index >= 15 is 0 Å². The van der Waals surface area contributed by atoms with Crippen LogP contribution < -0.4 is 10.2 Å². The lowest BCUT2D eigenvalue weighted by molar-refractivity contribution is -0.134. The highest BCUT2D eigenvalue weighted by molar-refractivity contribution is 6.00. The zero-order valence-electron chi connectivity index (χ0n) is 14.3. The van der Waals surface area contributed by atoms with Gasteiger partial charge in [0, 0.05) is 56.0 Å². The van der Waals surface area contributed by atoms with Crippen LogP contribution in [0, 0.1) is 5.41 Å². The zero-order chi connectivity index (χ0) is 18.3. The molecule has 9 heteroatoms. The van der Waals surface area contributed by atoms with Crippen molar-refractivity contribution in [2.75, 3.05) is 31.1 Å². The lowest BCUT2D eigenvalue weighted by Gasteiger charge is -2.52. The summed E-state index contributed by atoms with van der Waals surface area (Å²) in [7, 11) is 0. The van der Waals surface area contributed by atoms with E-state index in [1.807, 2.05) is 0 Å². The van der Waals surface area contributed by atoms with Crippen LogP contribution >= 0.6 is 0 Å². The number of piperidine rings is 2. The molecule has 1 atom stereocenters. The Morgan fingerprint density at radius 2 is 1.85 bits per heavy atom. The maximum Gasteiger partial charge on any atom is 0.407 e. The molecule has 3 saturated heterocycles. The molecule has 0 aromatic carbocycles. The number of likely N-dealkylation sites (tertiary alicyclic amines) is 1. The van der Waals surface area contributed by atoms with Gasteiger partial charge in [-0.2, -0.15) is 0 Å². The molecule has 3 amide bonds. The summed E-state index contributed by atoms with van der Waals surface area (Å²) < 4.78 is 0. The average Bonchev–Trinajstić information content (AvgIpc) is 2.60. The van der Waals surface area contributed by atoms with Crippen molar-refractivity contribution in [2.24, 2.45) is 5.41 Å². The Hall–Kier alpha value is -2.71. The van der Waals surface area contributed by atoms with Gasteiger partial charge in [0.2, 0.25) is 17.8 Å². The van der Waals surface area contributed by atoms with Crippen LogP contribution in [0.25, 0.3) is 0 Å². The van der Waals surface area contributed by atoms with E-state index in [9.17, 15) is 14.4 Å². The quantitative estimate of drug-likeness (QED) is 0.742. The molecule has 3 aliphatic heterocycles. The molecule has 138 valence electrons. The molecule has 0 aliphatic carbocycles. The molecule has 0 bridgehead atoms. The van der Waals surface area contributed by atoms with Gasteiger partial charge in [0.1, 0.15) is 0 Å². The van der Waals surface area contributed by atoms with Gasteiger partial charge in [-0.15, -0.1) is 0 Å². The Morgan fingerprint density at radius 1 is 1.19 bits per heavy atom. The number of imide groups is 1. The normalized spacial score (nSPS) is 25.0. The average molecular weight is 359 g/mol. The molecule has 4 heterocycles. The van der Waals surface area contributed by atoms with Gasteiger partial charge in [0.25, 0.3) is 0 Å². The Morgan fingerprint density at radius 3 is 2.42 bits per heavy atom. The first-order valence-electron chi connectivity index (χ1n) is 8.84. The van der Waals surface area contributed by atoms with Gasteiger partial charge in [-0.25, -0.2) is 14.8 Å². The van der Waals surface area contributed by atoms with E-state index in [4.69, 9.17) is 5.11 Å². The fourth-order valence-electron chi connectivity index (χ4n) is 4.08. The highest BCUT2D eigenvalue weighted by Crippen LogP contribution is 2.40. The van der Waals surface area contributed by atoms with Gasteiger partial charge in [-0.1, -0.05) is 0 Å². The molecular formula is C17H21N5O4. The number of nitrogens with zero attached hydrogens (tertiary/aromatic N) is 4. The SMILES string of the molecule is O=C1CCC(c2cnc(N3CCC4(CC3)CN(C(=O)O)C4)nc2)C(=O)N1. The van der Waals surface area contributed by atoms with Crippen LogP contribution in [0.4, 0.5) is 10.7 Å². The molecule has 3 aliphatic rings. The molecule has 3 fully saturated rings. The van der Waals surface area contributed by atoms with Crippen LogP contribution in [-0.4, -0.2) is 64.1 Å². The molecule has 0 saturated carbocycles. The van der Waals surface area contributed by atoms with Crippen LogP contribution in [0.5, 0.6) is 0 Å². The minimum atomic E-state index is -0.842. The molecule has 2 N–H and O–H groups in total. The minimum absolute atomic E-state index is 0.113. The van der Waals surface area contributed by atoms with Crippen molar-refractivity contribution in [1.29, 1.82) is 0 Å². The number of nitrogens with one attached hydrogen (secondary N) is 1. The first kappa shape index (κ1) is 16.7. The Bertz CT molecular complexity index is 734. The third-order valence-corrected chi connectivity index (χ3v) is 5.73. The van der Waals surface area contributed by atoms with Crippen molar-refractivity contribution < 1.29 is 19.5 Å². The summed E-state index contributed by atoms with van der Waals surface area (Å²) in [6.07, 6.45) is 5.17. The van der Waals surface area contributed by atoms with E-state index in [1.165, 1.54) is 4.90 Å². The number of hydrogen-bond acceptors (Lipinski definition) is 6.